The number of rotatable bonds is 8. The van der Waals surface area contributed by atoms with Gasteiger partial charge in [-0.1, -0.05) is 18.2 Å². The summed E-state index contributed by atoms with van der Waals surface area (Å²) in [6, 6.07) is 7.48. The zero-order chi connectivity index (χ0) is 15.1. The quantitative estimate of drug-likeness (QED) is 0.645. The number of nitrogens with one attached hydrogen (secondary N) is 2. The van der Waals surface area contributed by atoms with E-state index < -0.39 is 6.04 Å². The molecule has 1 aromatic carbocycles. The molecule has 0 aliphatic carbocycles. The van der Waals surface area contributed by atoms with Gasteiger partial charge in [0.05, 0.1) is 6.04 Å². The maximum Gasteiger partial charge on any atom is 0.237 e. The van der Waals surface area contributed by atoms with Gasteiger partial charge in [-0.15, -0.1) is 0 Å². The third-order valence-corrected chi connectivity index (χ3v) is 3.42. The number of fused-ring (bicyclic) bond motifs is 1. The Morgan fingerprint density at radius 3 is 3.05 bits per heavy atom. The van der Waals surface area contributed by atoms with Gasteiger partial charge in [0, 0.05) is 36.9 Å². The summed E-state index contributed by atoms with van der Waals surface area (Å²) >= 11 is 0. The highest BCUT2D eigenvalue weighted by Crippen LogP contribution is 2.18. The topological polar surface area (TPSA) is 80.1 Å². The van der Waals surface area contributed by atoms with Crippen molar-refractivity contribution in [3.8, 4) is 0 Å². The van der Waals surface area contributed by atoms with Crippen LogP contribution >= 0.6 is 0 Å². The molecule has 0 fully saturated rings. The summed E-state index contributed by atoms with van der Waals surface area (Å²) in [7, 11) is 0. The predicted octanol–water partition coefficient (Wildman–Crippen LogP) is 1.58. The molecule has 5 nitrogen and oxygen atoms in total. The molecular formula is C16H23N3O2. The van der Waals surface area contributed by atoms with E-state index in [4.69, 9.17) is 10.5 Å². The van der Waals surface area contributed by atoms with Gasteiger partial charge in [0.1, 0.15) is 0 Å². The van der Waals surface area contributed by atoms with Gasteiger partial charge in [0.2, 0.25) is 5.91 Å². The van der Waals surface area contributed by atoms with Crippen molar-refractivity contribution >= 4 is 16.8 Å². The first-order chi connectivity index (χ1) is 10.2. The van der Waals surface area contributed by atoms with Crippen molar-refractivity contribution in [1.29, 1.82) is 0 Å². The van der Waals surface area contributed by atoms with Crippen LogP contribution in [0.1, 0.15) is 18.9 Å². The van der Waals surface area contributed by atoms with Gasteiger partial charge >= 0.3 is 0 Å². The molecule has 1 heterocycles. The fraction of sp³-hybridized carbons (Fsp3) is 0.438. The number of aromatic nitrogens is 1. The summed E-state index contributed by atoms with van der Waals surface area (Å²) in [4.78, 5) is 15.1. The lowest BCUT2D eigenvalue weighted by Gasteiger charge is -2.12. The van der Waals surface area contributed by atoms with E-state index in [1.54, 1.807) is 0 Å². The van der Waals surface area contributed by atoms with Crippen LogP contribution in [-0.2, 0) is 16.0 Å². The lowest BCUT2D eigenvalue weighted by atomic mass is 10.1. The Bertz CT molecular complexity index is 580. The van der Waals surface area contributed by atoms with Crippen LogP contribution < -0.4 is 11.1 Å². The van der Waals surface area contributed by atoms with Crippen molar-refractivity contribution < 1.29 is 9.53 Å². The molecule has 2 rings (SSSR count). The van der Waals surface area contributed by atoms with E-state index in [2.05, 4.69) is 10.3 Å². The zero-order valence-corrected chi connectivity index (χ0v) is 12.4. The molecule has 2 aromatic rings. The Morgan fingerprint density at radius 1 is 1.43 bits per heavy atom. The summed E-state index contributed by atoms with van der Waals surface area (Å²) in [5.41, 5.74) is 8.12. The Morgan fingerprint density at radius 2 is 2.24 bits per heavy atom. The van der Waals surface area contributed by atoms with E-state index in [9.17, 15) is 4.79 Å². The molecule has 0 radical (unpaired) electrons. The number of hydrogen-bond acceptors (Lipinski definition) is 3. The zero-order valence-electron chi connectivity index (χ0n) is 12.4. The molecular weight excluding hydrogens is 266 g/mol. The molecule has 1 atom stereocenters. The minimum Gasteiger partial charge on any atom is -0.382 e. The van der Waals surface area contributed by atoms with Crippen molar-refractivity contribution in [3.63, 3.8) is 0 Å². The Labute approximate surface area is 124 Å². The largest absolute Gasteiger partial charge is 0.382 e. The lowest BCUT2D eigenvalue weighted by molar-refractivity contribution is -0.122. The average Bonchev–Trinajstić information content (AvgIpc) is 2.90. The summed E-state index contributed by atoms with van der Waals surface area (Å²) < 4.78 is 5.22. The first kappa shape index (κ1) is 15.5. The van der Waals surface area contributed by atoms with E-state index >= 15 is 0 Å². The monoisotopic (exact) mass is 289 g/mol. The number of carbonyl (C=O) groups excluding carboxylic acids is 1. The predicted molar refractivity (Wildman–Crippen MR) is 84.1 cm³/mol. The van der Waals surface area contributed by atoms with Crippen LogP contribution in [-0.4, -0.2) is 36.7 Å². The molecule has 21 heavy (non-hydrogen) atoms. The summed E-state index contributed by atoms with van der Waals surface area (Å²) in [6.07, 6.45) is 3.26. The van der Waals surface area contributed by atoms with Crippen LogP contribution in [0.2, 0.25) is 0 Å². The number of hydrogen-bond donors (Lipinski definition) is 3. The Kier molecular flexibility index (Phi) is 5.78. The molecule has 4 N–H and O–H groups in total. The first-order valence-corrected chi connectivity index (χ1v) is 7.38. The number of benzene rings is 1. The molecule has 0 spiro atoms. The van der Waals surface area contributed by atoms with Gasteiger partial charge in [-0.3, -0.25) is 4.79 Å². The number of aromatic amines is 1. The van der Waals surface area contributed by atoms with Gasteiger partial charge in [-0.25, -0.2) is 0 Å². The molecule has 0 aliphatic rings. The van der Waals surface area contributed by atoms with Crippen LogP contribution in [0.3, 0.4) is 0 Å². The molecule has 114 valence electrons. The third kappa shape index (κ3) is 4.31. The normalized spacial score (nSPS) is 12.5. The van der Waals surface area contributed by atoms with Gasteiger partial charge in [-0.05, 0) is 31.4 Å². The minimum atomic E-state index is -0.531. The maximum atomic E-state index is 12.0. The fourth-order valence-corrected chi connectivity index (χ4v) is 2.29. The maximum absolute atomic E-state index is 12.0. The molecule has 0 saturated heterocycles. The molecule has 0 bridgehead atoms. The number of para-hydroxylation sites is 1. The molecule has 0 unspecified atom stereocenters. The van der Waals surface area contributed by atoms with E-state index in [1.165, 1.54) is 0 Å². The molecule has 1 aromatic heterocycles. The van der Waals surface area contributed by atoms with Crippen molar-refractivity contribution in [2.24, 2.45) is 5.73 Å². The minimum absolute atomic E-state index is 0.114. The van der Waals surface area contributed by atoms with Crippen molar-refractivity contribution in [2.75, 3.05) is 19.8 Å². The van der Waals surface area contributed by atoms with Crippen LogP contribution in [0.15, 0.2) is 30.5 Å². The number of carbonyl (C=O) groups is 1. The second-order valence-corrected chi connectivity index (χ2v) is 5.01. The number of ether oxygens (including phenoxy) is 1. The van der Waals surface area contributed by atoms with E-state index in [1.807, 2.05) is 37.4 Å². The van der Waals surface area contributed by atoms with Crippen molar-refractivity contribution in [3.05, 3.63) is 36.0 Å². The number of nitrogens with two attached hydrogens (primary N) is 1. The summed E-state index contributed by atoms with van der Waals surface area (Å²) in [5, 5.41) is 3.97. The van der Waals surface area contributed by atoms with Crippen LogP contribution in [0, 0.1) is 0 Å². The Hall–Kier alpha value is -1.85. The van der Waals surface area contributed by atoms with Crippen LogP contribution in [0.4, 0.5) is 0 Å². The van der Waals surface area contributed by atoms with Gasteiger partial charge < -0.3 is 20.8 Å². The molecule has 0 aliphatic heterocycles. The lowest BCUT2D eigenvalue weighted by Crippen LogP contribution is -2.42. The van der Waals surface area contributed by atoms with E-state index in [0.29, 0.717) is 26.2 Å². The first-order valence-electron chi connectivity index (χ1n) is 7.38. The van der Waals surface area contributed by atoms with Gasteiger partial charge in [0.15, 0.2) is 0 Å². The summed E-state index contributed by atoms with van der Waals surface area (Å²) in [5.74, 6) is -0.114. The van der Waals surface area contributed by atoms with Crippen LogP contribution in [0.25, 0.3) is 10.9 Å². The van der Waals surface area contributed by atoms with Gasteiger partial charge in [0.25, 0.3) is 0 Å². The van der Waals surface area contributed by atoms with Crippen molar-refractivity contribution in [1.82, 2.24) is 10.3 Å². The highest BCUT2D eigenvalue weighted by atomic mass is 16.5. The third-order valence-electron chi connectivity index (χ3n) is 3.42. The van der Waals surface area contributed by atoms with Crippen LogP contribution in [0.5, 0.6) is 0 Å². The van der Waals surface area contributed by atoms with Crippen molar-refractivity contribution in [2.45, 2.75) is 25.8 Å². The smallest absolute Gasteiger partial charge is 0.237 e. The SMILES string of the molecule is CCOCCCNC(=O)[C@@H](N)Cc1c[nH]c2ccccc12. The van der Waals surface area contributed by atoms with E-state index in [-0.39, 0.29) is 5.91 Å². The van der Waals surface area contributed by atoms with E-state index in [0.717, 1.165) is 22.9 Å². The fourth-order valence-electron chi connectivity index (χ4n) is 2.29. The summed E-state index contributed by atoms with van der Waals surface area (Å²) in [6.45, 7) is 3.92. The number of amides is 1. The highest BCUT2D eigenvalue weighted by molar-refractivity contribution is 5.86. The van der Waals surface area contributed by atoms with Gasteiger partial charge in [-0.2, -0.15) is 0 Å². The number of H-pyrrole nitrogens is 1. The molecule has 0 saturated carbocycles. The average molecular weight is 289 g/mol. The standard InChI is InChI=1S/C16H23N3O2/c1-2-21-9-5-8-18-16(20)14(17)10-12-11-19-15-7-4-3-6-13(12)15/h3-4,6-7,11,14,19H,2,5,8-10,17H2,1H3,(H,18,20)/t14-/m0/s1. The second-order valence-electron chi connectivity index (χ2n) is 5.01. The highest BCUT2D eigenvalue weighted by Gasteiger charge is 2.15. The second kappa shape index (κ2) is 7.81. The Balaban J connectivity index is 1.83. The molecule has 1 amide bonds. The molecule has 5 heteroatoms.